The van der Waals surface area contributed by atoms with Crippen LogP contribution in [0.15, 0.2) is 24.4 Å². The molecule has 1 heterocycles. The fraction of sp³-hybridized carbons (Fsp3) is 0.500. The number of hydrogen-bond donors (Lipinski definition) is 0. The van der Waals surface area contributed by atoms with Crippen LogP contribution in [0.3, 0.4) is 0 Å². The summed E-state index contributed by atoms with van der Waals surface area (Å²) in [6.45, 7) is 6.60. The van der Waals surface area contributed by atoms with Gasteiger partial charge in [0.05, 0.1) is 0 Å². The van der Waals surface area contributed by atoms with Crippen molar-refractivity contribution in [3.05, 3.63) is 30.1 Å². The van der Waals surface area contributed by atoms with Crippen LogP contribution in [0.5, 0.6) is 0 Å². The molecule has 1 nitrogen and oxygen atoms in total. The van der Waals surface area contributed by atoms with Crippen molar-refractivity contribution in [3.8, 4) is 0 Å². The standard InChI is InChI=1S/C10H16N/c1-4-10-7-5-6-8-11(10)9(2)3/h5-9H,4H2,1-3H3/q+1. The molecule has 60 valence electrons. The van der Waals surface area contributed by atoms with Crippen LogP contribution in [-0.2, 0) is 6.42 Å². The topological polar surface area (TPSA) is 3.88 Å². The first kappa shape index (κ1) is 8.25. The fourth-order valence-corrected chi connectivity index (χ4v) is 1.30. The van der Waals surface area contributed by atoms with Crippen LogP contribution in [0.2, 0.25) is 0 Å². The predicted octanol–water partition coefficient (Wildman–Crippen LogP) is 2.12. The molecule has 0 amide bonds. The first-order valence-electron chi connectivity index (χ1n) is 4.24. The molecule has 1 aromatic rings. The van der Waals surface area contributed by atoms with Gasteiger partial charge in [0.15, 0.2) is 17.9 Å². The monoisotopic (exact) mass is 150 g/mol. The third-order valence-corrected chi connectivity index (χ3v) is 1.90. The van der Waals surface area contributed by atoms with Gasteiger partial charge in [0.2, 0.25) is 0 Å². The van der Waals surface area contributed by atoms with E-state index >= 15 is 0 Å². The van der Waals surface area contributed by atoms with Crippen molar-refractivity contribution in [2.45, 2.75) is 33.2 Å². The van der Waals surface area contributed by atoms with Gasteiger partial charge in [-0.2, -0.15) is 0 Å². The van der Waals surface area contributed by atoms with E-state index in [0.717, 1.165) is 6.42 Å². The van der Waals surface area contributed by atoms with Crippen LogP contribution in [0.4, 0.5) is 0 Å². The summed E-state index contributed by atoms with van der Waals surface area (Å²) in [6.07, 6.45) is 3.25. The molecule has 0 unspecified atom stereocenters. The molecule has 0 atom stereocenters. The van der Waals surface area contributed by atoms with Gasteiger partial charge in [-0.1, -0.05) is 13.0 Å². The zero-order valence-corrected chi connectivity index (χ0v) is 7.54. The summed E-state index contributed by atoms with van der Waals surface area (Å²) in [5.74, 6) is 0. The molecule has 0 spiro atoms. The highest BCUT2D eigenvalue weighted by atomic mass is 15.0. The third kappa shape index (κ3) is 1.79. The van der Waals surface area contributed by atoms with E-state index in [4.69, 9.17) is 0 Å². The lowest BCUT2D eigenvalue weighted by Gasteiger charge is -2.03. The molecule has 1 aromatic heterocycles. The molecule has 1 rings (SSSR count). The summed E-state index contributed by atoms with van der Waals surface area (Å²) in [5.41, 5.74) is 1.41. The Hall–Kier alpha value is -0.850. The zero-order valence-electron chi connectivity index (χ0n) is 7.54. The van der Waals surface area contributed by atoms with Crippen LogP contribution < -0.4 is 4.57 Å². The highest BCUT2D eigenvalue weighted by Crippen LogP contribution is 1.97. The summed E-state index contributed by atoms with van der Waals surface area (Å²) >= 11 is 0. The molecule has 11 heavy (non-hydrogen) atoms. The van der Waals surface area contributed by atoms with E-state index in [-0.39, 0.29) is 0 Å². The first-order chi connectivity index (χ1) is 5.25. The lowest BCUT2D eigenvalue weighted by atomic mass is 10.2. The highest BCUT2D eigenvalue weighted by Gasteiger charge is 2.09. The van der Waals surface area contributed by atoms with E-state index in [9.17, 15) is 0 Å². The van der Waals surface area contributed by atoms with Gasteiger partial charge in [-0.15, -0.1) is 0 Å². The second-order valence-corrected chi connectivity index (χ2v) is 3.05. The van der Waals surface area contributed by atoms with Crippen LogP contribution in [0.25, 0.3) is 0 Å². The molecule has 0 N–H and O–H groups in total. The first-order valence-corrected chi connectivity index (χ1v) is 4.24. The smallest absolute Gasteiger partial charge is 0.181 e. The summed E-state index contributed by atoms with van der Waals surface area (Å²) in [6, 6.07) is 6.93. The summed E-state index contributed by atoms with van der Waals surface area (Å²) in [5, 5.41) is 0. The van der Waals surface area contributed by atoms with Crippen LogP contribution in [0.1, 0.15) is 32.5 Å². The maximum absolute atomic E-state index is 2.31. The molecule has 0 bridgehead atoms. The van der Waals surface area contributed by atoms with Crippen molar-refractivity contribution in [2.24, 2.45) is 0 Å². The lowest BCUT2D eigenvalue weighted by Crippen LogP contribution is -2.39. The van der Waals surface area contributed by atoms with Crippen LogP contribution in [-0.4, -0.2) is 0 Å². The molecule has 0 aromatic carbocycles. The van der Waals surface area contributed by atoms with E-state index in [1.54, 1.807) is 0 Å². The van der Waals surface area contributed by atoms with E-state index in [1.807, 2.05) is 0 Å². The van der Waals surface area contributed by atoms with Crippen molar-refractivity contribution in [1.82, 2.24) is 0 Å². The van der Waals surface area contributed by atoms with Crippen LogP contribution >= 0.6 is 0 Å². The Balaban J connectivity index is 3.02. The molecule has 0 aliphatic heterocycles. The summed E-state index contributed by atoms with van der Waals surface area (Å²) < 4.78 is 2.31. The lowest BCUT2D eigenvalue weighted by molar-refractivity contribution is -0.723. The minimum absolute atomic E-state index is 0.575. The maximum Gasteiger partial charge on any atom is 0.181 e. The minimum atomic E-state index is 0.575. The molecule has 0 saturated carbocycles. The van der Waals surface area contributed by atoms with Gasteiger partial charge in [-0.25, -0.2) is 4.57 Å². The Morgan fingerprint density at radius 1 is 1.36 bits per heavy atom. The van der Waals surface area contributed by atoms with Gasteiger partial charge < -0.3 is 0 Å². The van der Waals surface area contributed by atoms with Crippen molar-refractivity contribution < 1.29 is 4.57 Å². The van der Waals surface area contributed by atoms with Crippen molar-refractivity contribution in [2.75, 3.05) is 0 Å². The predicted molar refractivity (Wildman–Crippen MR) is 46.4 cm³/mol. The van der Waals surface area contributed by atoms with Crippen molar-refractivity contribution in [1.29, 1.82) is 0 Å². The minimum Gasteiger partial charge on any atom is -0.200 e. The van der Waals surface area contributed by atoms with E-state index < -0.39 is 0 Å². The molecule has 1 heteroatoms. The quantitative estimate of drug-likeness (QED) is 0.568. The number of aromatic nitrogens is 1. The van der Waals surface area contributed by atoms with Gasteiger partial charge in [-0.3, -0.25) is 0 Å². The number of aryl methyl sites for hydroxylation is 1. The second-order valence-electron chi connectivity index (χ2n) is 3.05. The molecule has 0 aliphatic rings. The zero-order chi connectivity index (χ0) is 8.27. The third-order valence-electron chi connectivity index (χ3n) is 1.90. The second kappa shape index (κ2) is 3.51. The van der Waals surface area contributed by atoms with Crippen molar-refractivity contribution >= 4 is 0 Å². The van der Waals surface area contributed by atoms with E-state index in [1.165, 1.54) is 5.69 Å². The highest BCUT2D eigenvalue weighted by molar-refractivity contribution is 4.96. The normalized spacial score (nSPS) is 10.5. The van der Waals surface area contributed by atoms with Crippen LogP contribution in [0, 0.1) is 0 Å². The Labute approximate surface area is 68.7 Å². The largest absolute Gasteiger partial charge is 0.200 e. The number of pyridine rings is 1. The van der Waals surface area contributed by atoms with Gasteiger partial charge in [-0.05, 0) is 13.8 Å². The van der Waals surface area contributed by atoms with E-state index in [0.29, 0.717) is 6.04 Å². The van der Waals surface area contributed by atoms with Gasteiger partial charge >= 0.3 is 0 Å². The molecule has 0 saturated heterocycles. The molecular formula is C10H16N+. The Bertz CT molecular complexity index is 228. The molecule has 0 radical (unpaired) electrons. The Kier molecular flexibility index (Phi) is 2.64. The number of nitrogens with zero attached hydrogens (tertiary/aromatic N) is 1. The van der Waals surface area contributed by atoms with Gasteiger partial charge in [0, 0.05) is 18.6 Å². The average Bonchev–Trinajstić information content (AvgIpc) is 2.04. The van der Waals surface area contributed by atoms with Crippen molar-refractivity contribution in [3.63, 3.8) is 0 Å². The van der Waals surface area contributed by atoms with Gasteiger partial charge in [0.1, 0.15) is 0 Å². The summed E-state index contributed by atoms with van der Waals surface area (Å²) in [4.78, 5) is 0. The SMILES string of the molecule is CCc1cccc[n+]1C(C)C. The molecular weight excluding hydrogens is 134 g/mol. The maximum atomic E-state index is 2.31. The number of rotatable bonds is 2. The van der Waals surface area contributed by atoms with E-state index in [2.05, 4.69) is 49.7 Å². The van der Waals surface area contributed by atoms with Gasteiger partial charge in [0.25, 0.3) is 0 Å². The average molecular weight is 150 g/mol. The fourth-order valence-electron chi connectivity index (χ4n) is 1.30. The Morgan fingerprint density at radius 2 is 2.09 bits per heavy atom. The molecule has 0 fully saturated rings. The number of hydrogen-bond acceptors (Lipinski definition) is 0. The Morgan fingerprint density at radius 3 is 2.55 bits per heavy atom. The molecule has 0 aliphatic carbocycles. The summed E-state index contributed by atoms with van der Waals surface area (Å²) in [7, 11) is 0.